The fraction of sp³-hybridized carbons (Fsp3) is 0.700. The highest BCUT2D eigenvalue weighted by molar-refractivity contribution is 9.09. The molecule has 0 fully saturated rings. The van der Waals surface area contributed by atoms with Crippen LogP contribution in [0, 0.1) is 0 Å². The molecule has 0 unspecified atom stereocenters. The van der Waals surface area contributed by atoms with Crippen LogP contribution in [0.1, 0.15) is 0 Å². The normalized spacial score (nSPS) is 11.8. The van der Waals surface area contributed by atoms with Gasteiger partial charge in [0.25, 0.3) is 10.1 Å². The van der Waals surface area contributed by atoms with E-state index in [1.807, 2.05) is 0 Å². The number of ether oxygens (including phenoxy) is 6. The van der Waals surface area contributed by atoms with Crippen LogP contribution in [0.2, 0.25) is 0 Å². The molecule has 0 aliphatic carbocycles. The Morgan fingerprint density at radius 2 is 0.903 bits per heavy atom. The van der Waals surface area contributed by atoms with Crippen LogP contribution in [0.4, 0.5) is 0 Å². The van der Waals surface area contributed by atoms with Gasteiger partial charge in [0.15, 0.2) is 0 Å². The van der Waals surface area contributed by atoms with Crippen molar-refractivity contribution in [3.8, 4) is 0 Å². The van der Waals surface area contributed by atoms with Crippen molar-refractivity contribution in [1.29, 1.82) is 0 Å². The highest BCUT2D eigenvalue weighted by Crippen LogP contribution is 2.10. The smallest absolute Gasteiger partial charge is 0.297 e. The van der Waals surface area contributed by atoms with E-state index in [1.54, 1.807) is 18.2 Å². The monoisotopic (exact) mass is 528 g/mol. The number of hydrogen-bond donors (Lipinski definition) is 0. The first-order valence-corrected chi connectivity index (χ1v) is 12.7. The second-order valence-corrected chi connectivity index (χ2v) is 8.36. The molecule has 0 radical (unpaired) electrons. The molecule has 0 saturated carbocycles. The Labute approximate surface area is 193 Å². The van der Waals surface area contributed by atoms with Crippen LogP contribution in [0.15, 0.2) is 35.2 Å². The fourth-order valence-electron chi connectivity index (χ4n) is 2.11. The Kier molecular flexibility index (Phi) is 18.3. The largest absolute Gasteiger partial charge is 0.378 e. The lowest BCUT2D eigenvalue weighted by molar-refractivity contribution is -0.0171. The van der Waals surface area contributed by atoms with Crippen LogP contribution in [-0.4, -0.2) is 99.6 Å². The Bertz CT molecular complexity index is 616. The zero-order valence-corrected chi connectivity index (χ0v) is 20.1. The van der Waals surface area contributed by atoms with E-state index in [9.17, 15) is 8.42 Å². The average Bonchev–Trinajstić information content (AvgIpc) is 2.78. The quantitative estimate of drug-likeness (QED) is 0.127. The molecule has 11 heteroatoms. The molecule has 31 heavy (non-hydrogen) atoms. The van der Waals surface area contributed by atoms with Crippen LogP contribution in [0.3, 0.4) is 0 Å². The van der Waals surface area contributed by atoms with E-state index in [1.165, 1.54) is 12.1 Å². The first-order valence-electron chi connectivity index (χ1n) is 10.1. The molecule has 0 heterocycles. The van der Waals surface area contributed by atoms with Crippen LogP contribution in [-0.2, 0) is 42.7 Å². The first-order chi connectivity index (χ1) is 15.2. The van der Waals surface area contributed by atoms with Crippen LogP contribution >= 0.6 is 15.9 Å². The molecule has 1 rings (SSSR count). The molecule has 180 valence electrons. The number of hydrogen-bond acceptors (Lipinski definition) is 9. The third-order valence-corrected chi connectivity index (χ3v) is 5.23. The molecule has 0 aromatic heterocycles. The maximum atomic E-state index is 11.9. The van der Waals surface area contributed by atoms with Crippen LogP contribution in [0.25, 0.3) is 0 Å². The molecule has 9 nitrogen and oxygen atoms in total. The highest BCUT2D eigenvalue weighted by atomic mass is 79.9. The molecule has 0 aliphatic heterocycles. The van der Waals surface area contributed by atoms with E-state index >= 15 is 0 Å². The van der Waals surface area contributed by atoms with Gasteiger partial charge in [-0.15, -0.1) is 0 Å². The minimum absolute atomic E-state index is 0.0453. The third-order valence-electron chi connectivity index (χ3n) is 3.58. The lowest BCUT2D eigenvalue weighted by Crippen LogP contribution is -2.15. The topological polar surface area (TPSA) is 98.8 Å². The molecule has 0 spiro atoms. The van der Waals surface area contributed by atoms with Crippen molar-refractivity contribution < 1.29 is 41.0 Å². The van der Waals surface area contributed by atoms with E-state index in [4.69, 9.17) is 32.6 Å². The summed E-state index contributed by atoms with van der Waals surface area (Å²) in [5.41, 5.74) is 0. The van der Waals surface area contributed by atoms with Crippen molar-refractivity contribution >= 4 is 26.0 Å². The van der Waals surface area contributed by atoms with E-state index in [2.05, 4.69) is 15.9 Å². The van der Waals surface area contributed by atoms with E-state index < -0.39 is 10.1 Å². The van der Waals surface area contributed by atoms with Gasteiger partial charge in [-0.1, -0.05) is 34.1 Å². The summed E-state index contributed by atoms with van der Waals surface area (Å²) >= 11 is 3.28. The van der Waals surface area contributed by atoms with Crippen LogP contribution in [0.5, 0.6) is 0 Å². The van der Waals surface area contributed by atoms with Crippen molar-refractivity contribution in [2.45, 2.75) is 4.90 Å². The van der Waals surface area contributed by atoms with Crippen molar-refractivity contribution in [3.05, 3.63) is 30.3 Å². The first kappa shape index (κ1) is 28.4. The van der Waals surface area contributed by atoms with Crippen molar-refractivity contribution in [2.24, 2.45) is 0 Å². The summed E-state index contributed by atoms with van der Waals surface area (Å²) in [7, 11) is -3.74. The predicted molar refractivity (Wildman–Crippen MR) is 118 cm³/mol. The Hall–Kier alpha value is -0.630. The molecular weight excluding hydrogens is 496 g/mol. The Balaban J connectivity index is 1.77. The summed E-state index contributed by atoms with van der Waals surface area (Å²) in [6.45, 7) is 5.63. The maximum absolute atomic E-state index is 11.9. The highest BCUT2D eigenvalue weighted by Gasteiger charge is 2.13. The third kappa shape index (κ3) is 16.6. The second-order valence-electron chi connectivity index (χ2n) is 5.95. The van der Waals surface area contributed by atoms with E-state index in [-0.39, 0.29) is 18.1 Å². The Morgan fingerprint density at radius 1 is 0.548 bits per heavy atom. The molecular formula is C20H33BrO9S. The number of halogens is 1. The number of benzene rings is 1. The standard InChI is InChI=1S/C20H33BrO9S/c21-6-7-24-8-9-25-10-11-26-12-13-27-14-15-28-16-17-29-18-19-30-31(22,23)20-4-2-1-3-5-20/h1-5H,6-19H2. The van der Waals surface area contributed by atoms with Crippen LogP contribution < -0.4 is 0 Å². The molecule has 0 aliphatic rings. The van der Waals surface area contributed by atoms with Gasteiger partial charge in [0, 0.05) is 5.33 Å². The predicted octanol–water partition coefficient (Wildman–Crippen LogP) is 1.89. The molecule has 0 amide bonds. The lowest BCUT2D eigenvalue weighted by Gasteiger charge is -2.08. The number of rotatable bonds is 22. The zero-order valence-electron chi connectivity index (χ0n) is 17.7. The average molecular weight is 529 g/mol. The lowest BCUT2D eigenvalue weighted by atomic mass is 10.4. The minimum atomic E-state index is -3.74. The summed E-state index contributed by atoms with van der Waals surface area (Å²) in [6.07, 6.45) is 0. The molecule has 0 saturated heterocycles. The van der Waals surface area contributed by atoms with Gasteiger partial charge < -0.3 is 28.4 Å². The molecule has 1 aromatic rings. The van der Waals surface area contributed by atoms with Crippen molar-refractivity contribution in [3.63, 3.8) is 0 Å². The number of alkyl halides is 1. The van der Waals surface area contributed by atoms with Gasteiger partial charge >= 0.3 is 0 Å². The summed E-state index contributed by atoms with van der Waals surface area (Å²) < 4.78 is 60.7. The van der Waals surface area contributed by atoms with Gasteiger partial charge in [-0.2, -0.15) is 8.42 Å². The van der Waals surface area contributed by atoms with Gasteiger partial charge in [0.05, 0.1) is 90.8 Å². The fourth-order valence-corrected chi connectivity index (χ4v) is 3.26. The summed E-state index contributed by atoms with van der Waals surface area (Å²) in [5.74, 6) is 0. The summed E-state index contributed by atoms with van der Waals surface area (Å²) in [5, 5.41) is 0.828. The van der Waals surface area contributed by atoms with E-state index in [0.717, 1.165) is 5.33 Å². The van der Waals surface area contributed by atoms with E-state index in [0.29, 0.717) is 72.7 Å². The summed E-state index contributed by atoms with van der Waals surface area (Å²) in [4.78, 5) is 0.128. The van der Waals surface area contributed by atoms with Gasteiger partial charge in [-0.25, -0.2) is 0 Å². The Morgan fingerprint density at radius 3 is 1.29 bits per heavy atom. The molecule has 0 N–H and O–H groups in total. The second kappa shape index (κ2) is 20.0. The van der Waals surface area contributed by atoms with Gasteiger partial charge in [-0.3, -0.25) is 4.18 Å². The van der Waals surface area contributed by atoms with Gasteiger partial charge in [0.1, 0.15) is 0 Å². The SMILES string of the molecule is O=S(=O)(OCCOCCOCCOCCOCCOCCOCCBr)c1ccccc1. The van der Waals surface area contributed by atoms with Gasteiger partial charge in [0.2, 0.25) is 0 Å². The molecule has 0 atom stereocenters. The van der Waals surface area contributed by atoms with Crippen molar-refractivity contribution in [2.75, 3.05) is 91.2 Å². The molecule has 0 bridgehead atoms. The van der Waals surface area contributed by atoms with Gasteiger partial charge in [-0.05, 0) is 12.1 Å². The molecule has 1 aromatic carbocycles. The summed E-state index contributed by atoms with van der Waals surface area (Å²) in [6, 6.07) is 7.99. The maximum Gasteiger partial charge on any atom is 0.297 e. The minimum Gasteiger partial charge on any atom is -0.378 e. The van der Waals surface area contributed by atoms with Crippen molar-refractivity contribution in [1.82, 2.24) is 0 Å². The zero-order chi connectivity index (χ0) is 22.5.